The largest absolute Gasteiger partial charge is 0.357 e. The van der Waals surface area contributed by atoms with Crippen molar-refractivity contribution in [3.8, 4) is 0 Å². The number of nitrogens with one attached hydrogen (secondary N) is 1. The molecule has 0 radical (unpaired) electrons. The molecule has 0 fully saturated rings. The second-order valence-electron chi connectivity index (χ2n) is 0.223. The first-order valence-corrected chi connectivity index (χ1v) is 1.58. The highest BCUT2D eigenvalue weighted by molar-refractivity contribution is 7.65. The molecule has 0 atom stereocenters. The molecule has 0 spiro atoms. The third-order valence-electron chi connectivity index (χ3n) is 0.0527. The van der Waals surface area contributed by atoms with E-state index in [9.17, 15) is 0 Å². The predicted octanol–water partition coefficient (Wildman–Crippen LogP) is 0.149. The summed E-state index contributed by atoms with van der Waals surface area (Å²) in [5, 5.41) is 7.53. The maximum atomic E-state index is 7.53. The summed E-state index contributed by atoms with van der Waals surface area (Å²) in [6.45, 7) is 0. The lowest BCUT2D eigenvalue weighted by Crippen LogP contribution is -1.51. The minimum Gasteiger partial charge on any atom is -0.357 e. The van der Waals surface area contributed by atoms with Crippen molar-refractivity contribution in [1.82, 2.24) is 0 Å². The van der Waals surface area contributed by atoms with E-state index >= 15 is 0 Å². The molecule has 0 aliphatic carbocycles. The molecule has 0 aliphatic heterocycles. The Kier molecular flexibility index (Phi) is 2.74. The Hall–Kier alpha value is -0.150. The molecule has 0 aromatic heterocycles. The summed E-state index contributed by atoms with van der Waals surface area (Å²) in [4.78, 5) is 0. The van der Waals surface area contributed by atoms with Gasteiger partial charge in [0, 0.05) is 0 Å². The standard InChI is InChI=1S/CH3NOS/c2-4-1-3/h1-3H. The van der Waals surface area contributed by atoms with Gasteiger partial charge in [-0.25, -0.2) is 4.78 Å². The van der Waals surface area contributed by atoms with E-state index in [0.717, 1.165) is 0 Å². The monoisotopic (exact) mass is 77.0 g/mol. The molecule has 0 heterocycles. The molecule has 0 aromatic rings. The quantitative estimate of drug-likeness (QED) is 0.397. The van der Waals surface area contributed by atoms with Gasteiger partial charge in [-0.3, -0.25) is 0 Å². The summed E-state index contributed by atoms with van der Waals surface area (Å²) in [5.74, 6) is 0. The maximum absolute atomic E-state index is 7.53. The Bertz CT molecular complexity index is 46.0. The van der Waals surface area contributed by atoms with Crippen molar-refractivity contribution in [1.29, 1.82) is 4.78 Å². The normalized spacial score (nSPS) is 5.25. The van der Waals surface area contributed by atoms with Crippen molar-refractivity contribution < 1.29 is 5.11 Å². The molecule has 0 saturated heterocycles. The topological polar surface area (TPSA) is 44.1 Å². The molecule has 0 amide bonds. The van der Waals surface area contributed by atoms with Crippen LogP contribution < -0.4 is 0 Å². The third kappa shape index (κ3) is 1.85. The number of aliphatic hydroxyl groups is 1. The zero-order valence-corrected chi connectivity index (χ0v) is 2.75. The van der Waals surface area contributed by atoms with Gasteiger partial charge in [-0.05, 0) is 11.1 Å². The lowest BCUT2D eigenvalue weighted by atomic mass is 11.8. The van der Waals surface area contributed by atoms with Crippen molar-refractivity contribution in [3.63, 3.8) is 0 Å². The molecular weight excluding hydrogens is 74.1 g/mol. The van der Waals surface area contributed by atoms with E-state index in [2.05, 4.69) is 0 Å². The van der Waals surface area contributed by atoms with Crippen molar-refractivity contribution in [2.75, 3.05) is 0 Å². The number of hydrogen-bond donors (Lipinski definition) is 2. The fraction of sp³-hybridized carbons (Fsp3) is 0. The Labute approximate surface area is 27.6 Å². The van der Waals surface area contributed by atoms with Crippen LogP contribution in [0.2, 0.25) is 0 Å². The summed E-state index contributed by atoms with van der Waals surface area (Å²) in [6, 6.07) is 0. The van der Waals surface area contributed by atoms with Crippen LogP contribution in [0.3, 0.4) is 0 Å². The summed E-state index contributed by atoms with van der Waals surface area (Å²) >= 11 is 0.537. The van der Waals surface area contributed by atoms with Gasteiger partial charge in [-0.1, -0.05) is 0 Å². The molecule has 3 heteroatoms. The van der Waals surface area contributed by atoms with E-state index in [1.807, 2.05) is 0 Å². The van der Waals surface area contributed by atoms with Gasteiger partial charge in [0.05, 0.1) is 0 Å². The van der Waals surface area contributed by atoms with Crippen molar-refractivity contribution in [2.24, 2.45) is 0 Å². The van der Waals surface area contributed by atoms with E-state index in [-0.39, 0.29) is 0 Å². The van der Waals surface area contributed by atoms with Gasteiger partial charge in [0.2, 0.25) is 0 Å². The van der Waals surface area contributed by atoms with Gasteiger partial charge >= 0.3 is 0 Å². The molecule has 0 aliphatic rings. The lowest BCUT2D eigenvalue weighted by molar-refractivity contribution is 0.593. The van der Waals surface area contributed by atoms with Crippen LogP contribution in [-0.4, -0.2) is 10.7 Å². The van der Waals surface area contributed by atoms with E-state index < -0.39 is 0 Å². The second-order valence-corrected chi connectivity index (χ2v) is 0.670. The number of hydrogen-bond acceptors (Lipinski definition) is 1. The lowest BCUT2D eigenvalue weighted by Gasteiger charge is -1.39. The third-order valence-corrected chi connectivity index (χ3v) is 0.158. The van der Waals surface area contributed by atoms with Gasteiger partial charge in [-0.2, -0.15) is 0 Å². The molecule has 0 rings (SSSR count). The van der Waals surface area contributed by atoms with Crippen LogP contribution >= 0.6 is 0 Å². The molecular formula is CH3NOS. The summed E-state index contributed by atoms with van der Waals surface area (Å²) < 4.78 is 6.06. The Morgan fingerprint density at radius 2 is 2.25 bits per heavy atom. The van der Waals surface area contributed by atoms with Crippen LogP contribution in [0.15, 0.2) is 0 Å². The van der Waals surface area contributed by atoms with Crippen molar-refractivity contribution in [2.45, 2.75) is 0 Å². The van der Waals surface area contributed by atoms with Crippen LogP contribution in [0.25, 0.3) is 0 Å². The van der Waals surface area contributed by atoms with Crippen molar-refractivity contribution >= 4 is 16.7 Å². The van der Waals surface area contributed by atoms with E-state index in [4.69, 9.17) is 9.89 Å². The average Bonchev–Trinajstić information content (AvgIpc) is 1.37. The van der Waals surface area contributed by atoms with E-state index in [0.29, 0.717) is 16.7 Å². The number of aliphatic hydroxyl groups excluding tert-OH is 1. The zero-order valence-electron chi connectivity index (χ0n) is 1.93. The maximum Gasteiger partial charge on any atom is 0.106 e. The minimum atomic E-state index is 0.537. The first-order valence-electron chi connectivity index (χ1n) is 0.698. The Balaban J connectivity index is 3.11. The van der Waals surface area contributed by atoms with Gasteiger partial charge in [0.25, 0.3) is 0 Å². The molecule has 2 nitrogen and oxygen atoms in total. The molecule has 0 bridgehead atoms. The SMILES string of the molecule is N=S=CO. The summed E-state index contributed by atoms with van der Waals surface area (Å²) in [6.07, 6.45) is 0. The Morgan fingerprint density at radius 3 is 2.25 bits per heavy atom. The molecule has 2 N–H and O–H groups in total. The highest BCUT2D eigenvalue weighted by Crippen LogP contribution is 1.15. The summed E-state index contributed by atoms with van der Waals surface area (Å²) in [5.41, 5.74) is 0.708. The first kappa shape index (κ1) is 3.85. The minimum absolute atomic E-state index is 0.537. The van der Waals surface area contributed by atoms with E-state index in [1.54, 1.807) is 0 Å². The molecule has 0 aromatic carbocycles. The molecule has 24 valence electrons. The predicted molar refractivity (Wildman–Crippen MR) is 18.8 cm³/mol. The fourth-order valence-electron chi connectivity index (χ4n) is 0. The Morgan fingerprint density at radius 1 is 2.00 bits per heavy atom. The molecule has 0 unspecified atom stereocenters. The van der Waals surface area contributed by atoms with Gasteiger partial charge in [0.15, 0.2) is 0 Å². The van der Waals surface area contributed by atoms with Gasteiger partial charge < -0.3 is 5.11 Å². The zero-order chi connectivity index (χ0) is 3.41. The highest BCUT2D eigenvalue weighted by Gasteiger charge is 1.25. The van der Waals surface area contributed by atoms with Crippen LogP contribution in [0.4, 0.5) is 0 Å². The highest BCUT2D eigenvalue weighted by atomic mass is 32.1. The fourth-order valence-corrected chi connectivity index (χ4v) is 0. The van der Waals surface area contributed by atoms with Crippen LogP contribution in [-0.2, 0) is 11.1 Å². The number of rotatable bonds is 0. The summed E-state index contributed by atoms with van der Waals surface area (Å²) in [7, 11) is 0. The first-order chi connectivity index (χ1) is 1.91. The van der Waals surface area contributed by atoms with Crippen LogP contribution in [0, 0.1) is 4.78 Å². The van der Waals surface area contributed by atoms with Gasteiger partial charge in [-0.15, -0.1) is 0 Å². The second kappa shape index (κ2) is 2.85. The molecule has 4 heavy (non-hydrogen) atoms. The average molecular weight is 77.1 g/mol. The smallest absolute Gasteiger partial charge is 0.106 e. The van der Waals surface area contributed by atoms with Crippen LogP contribution in [0.1, 0.15) is 0 Å². The van der Waals surface area contributed by atoms with E-state index in [1.165, 1.54) is 0 Å². The van der Waals surface area contributed by atoms with Crippen molar-refractivity contribution in [3.05, 3.63) is 0 Å². The van der Waals surface area contributed by atoms with Gasteiger partial charge in [0.1, 0.15) is 5.55 Å². The molecule has 0 saturated carbocycles. The van der Waals surface area contributed by atoms with Crippen LogP contribution in [0.5, 0.6) is 0 Å².